The molecule has 5 nitrogen and oxygen atoms in total. The molecule has 0 unspecified atom stereocenters. The van der Waals surface area contributed by atoms with Gasteiger partial charge in [0.15, 0.2) is 0 Å². The van der Waals surface area contributed by atoms with Gasteiger partial charge in [0.05, 0.1) is 22.9 Å². The summed E-state index contributed by atoms with van der Waals surface area (Å²) in [5.74, 6) is -0.0367. The van der Waals surface area contributed by atoms with Crippen molar-refractivity contribution in [1.82, 2.24) is 9.97 Å². The summed E-state index contributed by atoms with van der Waals surface area (Å²) >= 11 is 6.37. The lowest BCUT2D eigenvalue weighted by atomic mass is 10.2. The molecular weight excluding hydrogens is 362 g/mol. The first-order valence-electron chi connectivity index (χ1n) is 8.79. The van der Waals surface area contributed by atoms with Crippen molar-refractivity contribution in [3.8, 4) is 0 Å². The number of esters is 1. The van der Waals surface area contributed by atoms with Gasteiger partial charge >= 0.3 is 5.97 Å². The third-order valence-corrected chi connectivity index (χ3v) is 3.78. The zero-order chi connectivity index (χ0) is 19.6. The first-order valence-corrected chi connectivity index (χ1v) is 9.17. The molecule has 1 aromatic heterocycles. The van der Waals surface area contributed by atoms with Crippen molar-refractivity contribution >= 4 is 34.9 Å². The van der Waals surface area contributed by atoms with Gasteiger partial charge in [-0.3, -0.25) is 4.90 Å². The van der Waals surface area contributed by atoms with Crippen LogP contribution < -0.4 is 4.90 Å². The molecule has 0 atom stereocenters. The quantitative estimate of drug-likeness (QED) is 0.521. The van der Waals surface area contributed by atoms with Gasteiger partial charge in [-0.2, -0.15) is 0 Å². The van der Waals surface area contributed by atoms with E-state index in [1.54, 1.807) is 13.0 Å². The molecule has 27 heavy (non-hydrogen) atoms. The Hall–Kier alpha value is -2.92. The lowest BCUT2D eigenvalue weighted by molar-refractivity contribution is 0.0525. The molecule has 0 fully saturated rings. The van der Waals surface area contributed by atoms with Crippen LogP contribution in [0.4, 0.5) is 17.3 Å². The zero-order valence-corrected chi connectivity index (χ0v) is 16.3. The standard InChI is InChI=1S/C19H16ClN3O2.C2H6/c1-2-25-18(24)14-12-21-19(22-13-14)23(15-8-4-3-5-9-15)17-11-7-6-10-16(17)20;1-2/h3-13H,2H2,1H3;1-2H3. The predicted molar refractivity (Wildman–Crippen MR) is 109 cm³/mol. The molecule has 3 aromatic rings. The van der Waals surface area contributed by atoms with Crippen molar-refractivity contribution in [2.24, 2.45) is 0 Å². The van der Waals surface area contributed by atoms with Crippen molar-refractivity contribution in [3.05, 3.63) is 77.6 Å². The second kappa shape index (κ2) is 10.3. The maximum Gasteiger partial charge on any atom is 0.341 e. The van der Waals surface area contributed by atoms with Gasteiger partial charge in [-0.1, -0.05) is 55.8 Å². The van der Waals surface area contributed by atoms with Crippen LogP contribution in [0.25, 0.3) is 0 Å². The number of carbonyl (C=O) groups excluding carboxylic acids is 1. The number of anilines is 3. The fourth-order valence-electron chi connectivity index (χ4n) is 2.33. The van der Waals surface area contributed by atoms with E-state index < -0.39 is 5.97 Å². The van der Waals surface area contributed by atoms with E-state index in [0.717, 1.165) is 11.4 Å². The van der Waals surface area contributed by atoms with Gasteiger partial charge in [-0.05, 0) is 31.2 Å². The Morgan fingerprint density at radius 1 is 1.00 bits per heavy atom. The van der Waals surface area contributed by atoms with Crippen LogP contribution in [-0.2, 0) is 4.74 Å². The summed E-state index contributed by atoms with van der Waals surface area (Å²) in [6.07, 6.45) is 2.90. The van der Waals surface area contributed by atoms with E-state index in [4.69, 9.17) is 16.3 Å². The maximum absolute atomic E-state index is 11.8. The van der Waals surface area contributed by atoms with E-state index in [1.807, 2.05) is 67.3 Å². The number of nitrogens with zero attached hydrogens (tertiary/aromatic N) is 3. The SMILES string of the molecule is CC.CCOC(=O)c1cnc(N(c2ccccc2)c2ccccc2Cl)nc1. The average Bonchev–Trinajstić information content (AvgIpc) is 2.73. The monoisotopic (exact) mass is 383 g/mol. The summed E-state index contributed by atoms with van der Waals surface area (Å²) in [6.45, 7) is 6.05. The summed E-state index contributed by atoms with van der Waals surface area (Å²) in [6, 6.07) is 17.1. The number of carbonyl (C=O) groups is 1. The lowest BCUT2D eigenvalue weighted by Gasteiger charge is -2.23. The van der Waals surface area contributed by atoms with Crippen LogP contribution in [0.1, 0.15) is 31.1 Å². The molecule has 0 spiro atoms. The normalized spacial score (nSPS) is 9.78. The largest absolute Gasteiger partial charge is 0.462 e. The van der Waals surface area contributed by atoms with Gasteiger partial charge in [0.25, 0.3) is 0 Å². The summed E-state index contributed by atoms with van der Waals surface area (Å²) in [5, 5.41) is 0.574. The second-order valence-electron chi connectivity index (χ2n) is 5.11. The van der Waals surface area contributed by atoms with Crippen molar-refractivity contribution in [1.29, 1.82) is 0 Å². The van der Waals surface area contributed by atoms with Crippen LogP contribution in [0.15, 0.2) is 67.0 Å². The van der Waals surface area contributed by atoms with Gasteiger partial charge in [0, 0.05) is 18.1 Å². The highest BCUT2D eigenvalue weighted by atomic mass is 35.5. The van der Waals surface area contributed by atoms with Crippen LogP contribution in [0.5, 0.6) is 0 Å². The van der Waals surface area contributed by atoms with Gasteiger partial charge in [-0.15, -0.1) is 0 Å². The molecule has 2 aromatic carbocycles. The maximum atomic E-state index is 11.8. The topological polar surface area (TPSA) is 55.3 Å². The number of aromatic nitrogens is 2. The number of rotatable bonds is 5. The Morgan fingerprint density at radius 3 is 2.19 bits per heavy atom. The van der Waals surface area contributed by atoms with E-state index in [1.165, 1.54) is 12.4 Å². The zero-order valence-electron chi connectivity index (χ0n) is 15.6. The summed E-state index contributed by atoms with van der Waals surface area (Å²) in [7, 11) is 0. The lowest BCUT2D eigenvalue weighted by Crippen LogP contribution is -2.15. The molecule has 0 saturated heterocycles. The highest BCUT2D eigenvalue weighted by molar-refractivity contribution is 6.33. The molecular formula is C21H22ClN3O2. The first-order chi connectivity index (χ1) is 13.2. The Labute approximate surface area is 164 Å². The Kier molecular flexibility index (Phi) is 7.77. The van der Waals surface area contributed by atoms with Crippen LogP contribution >= 0.6 is 11.6 Å². The number of hydrogen-bond donors (Lipinski definition) is 0. The molecule has 1 heterocycles. The molecule has 0 bridgehead atoms. The molecule has 0 aliphatic heterocycles. The fourth-order valence-corrected chi connectivity index (χ4v) is 2.55. The molecule has 3 rings (SSSR count). The molecule has 0 N–H and O–H groups in total. The molecule has 0 radical (unpaired) electrons. The Balaban J connectivity index is 0.00000126. The third-order valence-electron chi connectivity index (χ3n) is 3.46. The van der Waals surface area contributed by atoms with E-state index in [-0.39, 0.29) is 0 Å². The van der Waals surface area contributed by atoms with Gasteiger partial charge < -0.3 is 4.74 Å². The van der Waals surface area contributed by atoms with Crippen molar-refractivity contribution in [2.45, 2.75) is 20.8 Å². The van der Waals surface area contributed by atoms with Crippen LogP contribution in [0, 0.1) is 0 Å². The van der Waals surface area contributed by atoms with E-state index in [0.29, 0.717) is 23.1 Å². The van der Waals surface area contributed by atoms with E-state index in [2.05, 4.69) is 9.97 Å². The smallest absolute Gasteiger partial charge is 0.341 e. The summed E-state index contributed by atoms with van der Waals surface area (Å²) in [5.41, 5.74) is 1.91. The van der Waals surface area contributed by atoms with E-state index >= 15 is 0 Å². The fraction of sp³-hybridized carbons (Fsp3) is 0.190. The molecule has 0 aliphatic rings. The second-order valence-corrected chi connectivity index (χ2v) is 5.52. The van der Waals surface area contributed by atoms with Crippen LogP contribution in [0.2, 0.25) is 5.02 Å². The molecule has 140 valence electrons. The number of hydrogen-bond acceptors (Lipinski definition) is 5. The minimum Gasteiger partial charge on any atom is -0.462 e. The van der Waals surface area contributed by atoms with Crippen molar-refractivity contribution < 1.29 is 9.53 Å². The highest BCUT2D eigenvalue weighted by Gasteiger charge is 2.18. The minimum atomic E-state index is -0.446. The minimum absolute atomic E-state index is 0.302. The van der Waals surface area contributed by atoms with Gasteiger partial charge in [0.2, 0.25) is 5.95 Å². The average molecular weight is 384 g/mol. The highest BCUT2D eigenvalue weighted by Crippen LogP contribution is 2.36. The number of halogens is 1. The van der Waals surface area contributed by atoms with Gasteiger partial charge in [0.1, 0.15) is 0 Å². The predicted octanol–water partition coefficient (Wildman–Crippen LogP) is 5.80. The molecule has 0 saturated carbocycles. The van der Waals surface area contributed by atoms with Crippen molar-refractivity contribution in [2.75, 3.05) is 11.5 Å². The molecule has 0 amide bonds. The van der Waals surface area contributed by atoms with Crippen LogP contribution in [0.3, 0.4) is 0 Å². The molecule has 0 aliphatic carbocycles. The Bertz CT molecular complexity index is 855. The Morgan fingerprint density at radius 2 is 1.59 bits per heavy atom. The van der Waals surface area contributed by atoms with Gasteiger partial charge in [-0.25, -0.2) is 14.8 Å². The third kappa shape index (κ3) is 5.05. The number of benzene rings is 2. The van der Waals surface area contributed by atoms with Crippen molar-refractivity contribution in [3.63, 3.8) is 0 Å². The summed E-state index contributed by atoms with van der Waals surface area (Å²) in [4.78, 5) is 22.3. The first kappa shape index (κ1) is 20.4. The molecule has 6 heteroatoms. The van der Waals surface area contributed by atoms with Crippen LogP contribution in [-0.4, -0.2) is 22.5 Å². The van der Waals surface area contributed by atoms with E-state index in [9.17, 15) is 4.79 Å². The summed E-state index contributed by atoms with van der Waals surface area (Å²) < 4.78 is 4.96. The number of ether oxygens (including phenoxy) is 1. The number of para-hydroxylation sites is 2.